The Hall–Kier alpha value is -1.42. The lowest BCUT2D eigenvalue weighted by molar-refractivity contribution is -0.130. The number of aliphatic imine (C=N–C) groups is 1. The zero-order valence-electron chi connectivity index (χ0n) is 8.10. The topological polar surface area (TPSA) is 58.7 Å². The van der Waals surface area contributed by atoms with Crippen molar-refractivity contribution >= 4 is 12.1 Å². The molecule has 74 valence electrons. The smallest absolute Gasteiger partial charge is 0.244 e. The first-order chi connectivity index (χ1) is 6.70. The Morgan fingerprint density at radius 2 is 2.43 bits per heavy atom. The van der Waals surface area contributed by atoms with E-state index in [1.165, 1.54) is 0 Å². The van der Waals surface area contributed by atoms with E-state index in [2.05, 4.69) is 4.99 Å². The summed E-state index contributed by atoms with van der Waals surface area (Å²) in [4.78, 5) is 17.5. The lowest BCUT2D eigenvalue weighted by atomic mass is 10.0. The van der Waals surface area contributed by atoms with E-state index >= 15 is 0 Å². The lowest BCUT2D eigenvalue weighted by Crippen LogP contribution is -2.44. The van der Waals surface area contributed by atoms with Crippen molar-refractivity contribution in [3.05, 3.63) is 23.5 Å². The molecule has 0 radical (unpaired) electrons. The van der Waals surface area contributed by atoms with Gasteiger partial charge in [-0.1, -0.05) is 6.08 Å². The zero-order chi connectivity index (χ0) is 10.1. The van der Waals surface area contributed by atoms with Gasteiger partial charge in [0, 0.05) is 26.1 Å². The third-order valence-corrected chi connectivity index (χ3v) is 2.48. The van der Waals surface area contributed by atoms with Crippen molar-refractivity contribution in [2.75, 3.05) is 7.05 Å². The molecule has 2 aliphatic heterocycles. The number of carbonyl (C=O) groups excluding carboxylic acids is 1. The van der Waals surface area contributed by atoms with E-state index in [1.807, 2.05) is 18.4 Å². The van der Waals surface area contributed by atoms with E-state index in [9.17, 15) is 4.79 Å². The Labute approximate surface area is 82.8 Å². The van der Waals surface area contributed by atoms with Gasteiger partial charge >= 0.3 is 0 Å². The third-order valence-electron chi connectivity index (χ3n) is 2.48. The van der Waals surface area contributed by atoms with E-state index in [4.69, 9.17) is 5.73 Å². The quantitative estimate of drug-likeness (QED) is 0.603. The second kappa shape index (κ2) is 3.38. The van der Waals surface area contributed by atoms with Gasteiger partial charge in [-0.2, -0.15) is 0 Å². The van der Waals surface area contributed by atoms with Crippen molar-refractivity contribution in [1.29, 1.82) is 0 Å². The van der Waals surface area contributed by atoms with Gasteiger partial charge in [-0.15, -0.1) is 0 Å². The number of carbonyl (C=O) groups is 1. The van der Waals surface area contributed by atoms with Crippen LogP contribution in [0, 0.1) is 0 Å². The number of nitrogens with two attached hydrogens (primary N) is 1. The van der Waals surface area contributed by atoms with E-state index in [0.717, 1.165) is 17.8 Å². The standard InChI is InChI=1S/C10H13N3O/c1-13-9-4-2-3-5-12-8(9)6-7(11)10(13)14/h2,4-5,7H,3,6,11H2,1H3. The van der Waals surface area contributed by atoms with Crippen LogP contribution in [-0.2, 0) is 4.79 Å². The number of likely N-dealkylation sites (N-methyl/N-ethyl adjacent to an activating group) is 1. The Balaban J connectivity index is 2.43. The van der Waals surface area contributed by atoms with Crippen LogP contribution in [0.25, 0.3) is 0 Å². The molecule has 0 aromatic carbocycles. The molecule has 0 aromatic rings. The van der Waals surface area contributed by atoms with Crippen molar-refractivity contribution in [2.24, 2.45) is 10.7 Å². The van der Waals surface area contributed by atoms with Crippen molar-refractivity contribution in [2.45, 2.75) is 18.9 Å². The van der Waals surface area contributed by atoms with Crippen LogP contribution in [0.2, 0.25) is 0 Å². The summed E-state index contributed by atoms with van der Waals surface area (Å²) in [5.74, 6) is -0.0366. The van der Waals surface area contributed by atoms with Crippen LogP contribution in [0.5, 0.6) is 0 Å². The molecule has 2 aliphatic rings. The molecule has 4 nitrogen and oxygen atoms in total. The number of amides is 1. The molecule has 2 heterocycles. The first-order valence-electron chi connectivity index (χ1n) is 4.65. The Morgan fingerprint density at radius 1 is 1.64 bits per heavy atom. The summed E-state index contributed by atoms with van der Waals surface area (Å²) in [6, 6.07) is -0.442. The highest BCUT2D eigenvalue weighted by Gasteiger charge is 2.28. The highest BCUT2D eigenvalue weighted by atomic mass is 16.2. The maximum absolute atomic E-state index is 11.6. The molecule has 14 heavy (non-hydrogen) atoms. The van der Waals surface area contributed by atoms with Crippen LogP contribution >= 0.6 is 0 Å². The molecule has 0 bridgehead atoms. The van der Waals surface area contributed by atoms with E-state index in [1.54, 1.807) is 11.9 Å². The average Bonchev–Trinajstić information content (AvgIpc) is 2.39. The predicted molar refractivity (Wildman–Crippen MR) is 54.6 cm³/mol. The summed E-state index contributed by atoms with van der Waals surface area (Å²) in [5, 5.41) is 0. The summed E-state index contributed by atoms with van der Waals surface area (Å²) in [7, 11) is 1.74. The van der Waals surface area contributed by atoms with Crippen molar-refractivity contribution in [3.63, 3.8) is 0 Å². The minimum absolute atomic E-state index is 0.0366. The lowest BCUT2D eigenvalue weighted by Gasteiger charge is -2.28. The fourth-order valence-electron chi connectivity index (χ4n) is 1.69. The second-order valence-corrected chi connectivity index (χ2v) is 3.49. The Morgan fingerprint density at radius 3 is 3.21 bits per heavy atom. The summed E-state index contributed by atoms with van der Waals surface area (Å²) < 4.78 is 0. The van der Waals surface area contributed by atoms with Gasteiger partial charge in [0.2, 0.25) is 5.91 Å². The number of nitrogens with zero attached hydrogens (tertiary/aromatic N) is 2. The fraction of sp³-hybridized carbons (Fsp3) is 0.400. The van der Waals surface area contributed by atoms with Gasteiger partial charge in [-0.05, 0) is 6.08 Å². The van der Waals surface area contributed by atoms with Crippen LogP contribution in [-0.4, -0.2) is 30.1 Å². The van der Waals surface area contributed by atoms with E-state index in [0.29, 0.717) is 6.42 Å². The number of hydrogen-bond acceptors (Lipinski definition) is 3. The SMILES string of the molecule is CN1C(=O)C(N)CC2=C1C=CCC=N2. The van der Waals surface area contributed by atoms with Crippen molar-refractivity contribution in [3.8, 4) is 0 Å². The molecule has 2 N–H and O–H groups in total. The van der Waals surface area contributed by atoms with Gasteiger partial charge < -0.3 is 10.6 Å². The highest BCUT2D eigenvalue weighted by Crippen LogP contribution is 2.24. The molecular formula is C10H13N3O. The molecular weight excluding hydrogens is 178 g/mol. The van der Waals surface area contributed by atoms with Crippen molar-refractivity contribution < 1.29 is 4.79 Å². The molecule has 0 fully saturated rings. The summed E-state index contributed by atoms with van der Waals surface area (Å²) in [5.41, 5.74) is 7.49. The largest absolute Gasteiger partial charge is 0.320 e. The summed E-state index contributed by atoms with van der Waals surface area (Å²) in [6.07, 6.45) is 7.12. The highest BCUT2D eigenvalue weighted by molar-refractivity contribution is 5.86. The Kier molecular flexibility index (Phi) is 2.21. The van der Waals surface area contributed by atoms with Crippen LogP contribution in [0.3, 0.4) is 0 Å². The van der Waals surface area contributed by atoms with Gasteiger partial charge in [-0.3, -0.25) is 9.79 Å². The average molecular weight is 191 g/mol. The predicted octanol–water partition coefficient (Wildman–Crippen LogP) is 0.418. The molecule has 0 saturated heterocycles. The minimum atomic E-state index is -0.442. The molecule has 0 saturated carbocycles. The normalized spacial score (nSPS) is 26.6. The molecule has 1 amide bonds. The fourth-order valence-corrected chi connectivity index (χ4v) is 1.69. The third kappa shape index (κ3) is 1.37. The molecule has 1 atom stereocenters. The number of allylic oxidation sites excluding steroid dienone is 2. The molecule has 2 rings (SSSR count). The molecule has 0 spiro atoms. The first-order valence-corrected chi connectivity index (χ1v) is 4.65. The van der Waals surface area contributed by atoms with Gasteiger partial charge in [0.15, 0.2) is 0 Å². The molecule has 0 aromatic heterocycles. The van der Waals surface area contributed by atoms with Crippen LogP contribution < -0.4 is 5.73 Å². The maximum atomic E-state index is 11.6. The van der Waals surface area contributed by atoms with Gasteiger partial charge in [0.05, 0.1) is 17.4 Å². The molecule has 0 aliphatic carbocycles. The van der Waals surface area contributed by atoms with E-state index < -0.39 is 6.04 Å². The summed E-state index contributed by atoms with van der Waals surface area (Å²) in [6.45, 7) is 0. The number of hydrogen-bond donors (Lipinski definition) is 1. The molecule has 4 heteroatoms. The first kappa shape index (κ1) is 9.15. The van der Waals surface area contributed by atoms with Crippen molar-refractivity contribution in [1.82, 2.24) is 4.90 Å². The van der Waals surface area contributed by atoms with Gasteiger partial charge in [0.25, 0.3) is 0 Å². The Bertz CT molecular complexity index is 354. The van der Waals surface area contributed by atoms with E-state index in [-0.39, 0.29) is 5.91 Å². The zero-order valence-corrected chi connectivity index (χ0v) is 8.10. The van der Waals surface area contributed by atoms with Crippen LogP contribution in [0.4, 0.5) is 0 Å². The maximum Gasteiger partial charge on any atom is 0.244 e. The molecule has 1 unspecified atom stereocenters. The van der Waals surface area contributed by atoms with Gasteiger partial charge in [-0.25, -0.2) is 0 Å². The number of rotatable bonds is 0. The minimum Gasteiger partial charge on any atom is -0.320 e. The second-order valence-electron chi connectivity index (χ2n) is 3.49. The van der Waals surface area contributed by atoms with Crippen LogP contribution in [0.15, 0.2) is 28.5 Å². The van der Waals surface area contributed by atoms with Gasteiger partial charge in [0.1, 0.15) is 0 Å². The monoisotopic (exact) mass is 191 g/mol. The van der Waals surface area contributed by atoms with Crippen LogP contribution in [0.1, 0.15) is 12.8 Å². The summed E-state index contributed by atoms with van der Waals surface area (Å²) >= 11 is 0.